The molecule has 64 valence electrons. The van der Waals surface area contributed by atoms with Crippen molar-refractivity contribution in [3.8, 4) is 0 Å². The van der Waals surface area contributed by atoms with Gasteiger partial charge in [-0.25, -0.2) is 0 Å². The highest BCUT2D eigenvalue weighted by Gasteiger charge is 2.28. The maximum Gasteiger partial charge on any atom is 0.325 e. The Kier molecular flexibility index (Phi) is 2.84. The van der Waals surface area contributed by atoms with E-state index in [1.165, 1.54) is 7.11 Å². The largest absolute Gasteiger partial charge is 0.468 e. The quantitative estimate of drug-likeness (QED) is 0.526. The minimum absolute atomic E-state index is 0.0869. The summed E-state index contributed by atoms with van der Waals surface area (Å²) in [5, 5.41) is 3.02. The van der Waals surface area contributed by atoms with Crippen LogP contribution in [0.2, 0.25) is 0 Å². The minimum atomic E-state index is -0.297. The fourth-order valence-corrected chi connectivity index (χ4v) is 1.12. The summed E-state index contributed by atoms with van der Waals surface area (Å²) in [6, 6.07) is -0.297. The van der Waals surface area contributed by atoms with Gasteiger partial charge in [-0.15, -0.1) is 0 Å². The predicted molar refractivity (Wildman–Crippen MR) is 39.2 cm³/mol. The Bertz CT molecular complexity index is 149. The Labute approximate surface area is 65.9 Å². The van der Waals surface area contributed by atoms with Gasteiger partial charge in [-0.1, -0.05) is 0 Å². The van der Waals surface area contributed by atoms with Crippen molar-refractivity contribution in [3.63, 3.8) is 0 Å². The van der Waals surface area contributed by atoms with E-state index >= 15 is 0 Å². The molecule has 0 aromatic rings. The van der Waals surface area contributed by atoms with Crippen molar-refractivity contribution in [1.82, 2.24) is 5.32 Å². The molecule has 1 rings (SSSR count). The van der Waals surface area contributed by atoms with Crippen LogP contribution >= 0.6 is 0 Å². The van der Waals surface area contributed by atoms with Crippen molar-refractivity contribution < 1.29 is 14.3 Å². The van der Waals surface area contributed by atoms with Crippen molar-refractivity contribution in [2.45, 2.75) is 19.1 Å². The number of esters is 1. The monoisotopic (exact) mass is 159 g/mol. The molecule has 11 heavy (non-hydrogen) atoms. The molecule has 0 radical (unpaired) electrons. The highest BCUT2D eigenvalue weighted by molar-refractivity contribution is 5.76. The van der Waals surface area contributed by atoms with Crippen molar-refractivity contribution in [2.24, 2.45) is 0 Å². The third kappa shape index (κ3) is 1.91. The average molecular weight is 159 g/mol. The van der Waals surface area contributed by atoms with Gasteiger partial charge in [0.2, 0.25) is 0 Å². The molecule has 0 aromatic carbocycles. The van der Waals surface area contributed by atoms with Gasteiger partial charge in [-0.05, 0) is 6.92 Å². The van der Waals surface area contributed by atoms with Gasteiger partial charge in [-0.3, -0.25) is 10.1 Å². The van der Waals surface area contributed by atoms with Gasteiger partial charge < -0.3 is 9.47 Å². The molecule has 0 saturated carbocycles. The van der Waals surface area contributed by atoms with Crippen molar-refractivity contribution in [2.75, 3.05) is 20.3 Å². The molecular formula is C7H13NO3. The first kappa shape index (κ1) is 8.49. The first-order valence-corrected chi connectivity index (χ1v) is 3.68. The molecule has 2 atom stereocenters. The maximum absolute atomic E-state index is 11.0. The van der Waals surface area contributed by atoms with Gasteiger partial charge in [-0.2, -0.15) is 0 Å². The smallest absolute Gasteiger partial charge is 0.325 e. The lowest BCUT2D eigenvalue weighted by Crippen LogP contribution is -2.52. The summed E-state index contributed by atoms with van der Waals surface area (Å²) < 4.78 is 9.83. The van der Waals surface area contributed by atoms with Crippen LogP contribution in [0.3, 0.4) is 0 Å². The molecule has 0 unspecified atom stereocenters. The second-order valence-corrected chi connectivity index (χ2v) is 2.53. The SMILES string of the molecule is COC(=O)[C@@H]1NCCO[C@H]1C. The average Bonchev–Trinajstić information content (AvgIpc) is 2.04. The summed E-state index contributed by atoms with van der Waals surface area (Å²) >= 11 is 0. The second-order valence-electron chi connectivity index (χ2n) is 2.53. The maximum atomic E-state index is 11.0. The van der Waals surface area contributed by atoms with Crippen LogP contribution in [0.5, 0.6) is 0 Å². The predicted octanol–water partition coefficient (Wildman–Crippen LogP) is -0.464. The van der Waals surface area contributed by atoms with E-state index in [1.807, 2.05) is 6.92 Å². The summed E-state index contributed by atoms with van der Waals surface area (Å²) in [7, 11) is 1.38. The number of rotatable bonds is 1. The Hall–Kier alpha value is -0.610. The van der Waals surface area contributed by atoms with E-state index in [0.717, 1.165) is 0 Å². The Morgan fingerprint density at radius 1 is 1.73 bits per heavy atom. The molecule has 4 heteroatoms. The zero-order valence-electron chi connectivity index (χ0n) is 6.79. The summed E-state index contributed by atoms with van der Waals surface area (Å²) in [4.78, 5) is 11.0. The number of carbonyl (C=O) groups is 1. The number of nitrogens with one attached hydrogen (secondary N) is 1. The minimum Gasteiger partial charge on any atom is -0.468 e. The molecule has 4 nitrogen and oxygen atoms in total. The van der Waals surface area contributed by atoms with E-state index in [-0.39, 0.29) is 18.1 Å². The molecule has 1 aliphatic heterocycles. The van der Waals surface area contributed by atoms with Gasteiger partial charge in [0, 0.05) is 6.54 Å². The molecule has 1 aliphatic rings. The van der Waals surface area contributed by atoms with Crippen molar-refractivity contribution in [3.05, 3.63) is 0 Å². The van der Waals surface area contributed by atoms with Gasteiger partial charge >= 0.3 is 5.97 Å². The lowest BCUT2D eigenvalue weighted by molar-refractivity contribution is -0.149. The fourth-order valence-electron chi connectivity index (χ4n) is 1.12. The van der Waals surface area contributed by atoms with E-state index in [2.05, 4.69) is 10.1 Å². The summed E-state index contributed by atoms with van der Waals surface area (Å²) in [6.45, 7) is 3.23. The van der Waals surface area contributed by atoms with Gasteiger partial charge in [0.05, 0.1) is 19.8 Å². The normalized spacial score (nSPS) is 31.5. The molecule has 0 spiro atoms. The van der Waals surface area contributed by atoms with E-state index in [0.29, 0.717) is 13.2 Å². The molecule has 0 bridgehead atoms. The summed E-state index contributed by atoms with van der Waals surface area (Å²) in [5.41, 5.74) is 0. The molecule has 0 amide bonds. The molecule has 1 fully saturated rings. The number of morpholine rings is 1. The molecule has 1 N–H and O–H groups in total. The Balaban J connectivity index is 2.47. The molecule has 1 heterocycles. The number of hydrogen-bond donors (Lipinski definition) is 1. The van der Waals surface area contributed by atoms with Crippen molar-refractivity contribution in [1.29, 1.82) is 0 Å². The van der Waals surface area contributed by atoms with Crippen LogP contribution in [-0.2, 0) is 14.3 Å². The lowest BCUT2D eigenvalue weighted by Gasteiger charge is -2.27. The van der Waals surface area contributed by atoms with Crippen LogP contribution in [0.25, 0.3) is 0 Å². The number of carbonyl (C=O) groups excluding carboxylic acids is 1. The molecule has 0 aromatic heterocycles. The zero-order valence-corrected chi connectivity index (χ0v) is 6.79. The van der Waals surface area contributed by atoms with Crippen LogP contribution < -0.4 is 5.32 Å². The molecule has 1 saturated heterocycles. The topological polar surface area (TPSA) is 47.6 Å². The summed E-state index contributed by atoms with van der Waals surface area (Å²) in [5.74, 6) is -0.253. The first-order chi connectivity index (χ1) is 5.25. The van der Waals surface area contributed by atoms with Gasteiger partial charge in [0.1, 0.15) is 6.04 Å². The molecular weight excluding hydrogens is 146 g/mol. The third-order valence-electron chi connectivity index (χ3n) is 1.77. The van der Waals surface area contributed by atoms with Crippen molar-refractivity contribution >= 4 is 5.97 Å². The Morgan fingerprint density at radius 2 is 2.45 bits per heavy atom. The first-order valence-electron chi connectivity index (χ1n) is 3.68. The highest BCUT2D eigenvalue weighted by atomic mass is 16.5. The number of hydrogen-bond acceptors (Lipinski definition) is 4. The van der Waals surface area contributed by atoms with Gasteiger partial charge in [0.15, 0.2) is 0 Å². The van der Waals surface area contributed by atoms with Gasteiger partial charge in [0.25, 0.3) is 0 Å². The van der Waals surface area contributed by atoms with Crippen LogP contribution in [0.1, 0.15) is 6.92 Å². The summed E-state index contributed by atoms with van der Waals surface area (Å²) in [6.07, 6.45) is -0.0869. The highest BCUT2D eigenvalue weighted by Crippen LogP contribution is 2.04. The van der Waals surface area contributed by atoms with E-state index in [1.54, 1.807) is 0 Å². The van der Waals surface area contributed by atoms with Crippen LogP contribution in [0, 0.1) is 0 Å². The van der Waals surface area contributed by atoms with Crippen LogP contribution in [-0.4, -0.2) is 38.4 Å². The fraction of sp³-hybridized carbons (Fsp3) is 0.857. The van der Waals surface area contributed by atoms with E-state index in [4.69, 9.17) is 4.74 Å². The van der Waals surface area contributed by atoms with E-state index < -0.39 is 0 Å². The van der Waals surface area contributed by atoms with E-state index in [9.17, 15) is 4.79 Å². The van der Waals surface area contributed by atoms with Crippen LogP contribution in [0.4, 0.5) is 0 Å². The lowest BCUT2D eigenvalue weighted by atomic mass is 10.1. The van der Waals surface area contributed by atoms with Crippen LogP contribution in [0.15, 0.2) is 0 Å². The second kappa shape index (κ2) is 3.69. The third-order valence-corrected chi connectivity index (χ3v) is 1.77. The Morgan fingerprint density at radius 3 is 3.00 bits per heavy atom. The number of methoxy groups -OCH3 is 1. The standard InChI is InChI=1S/C7H13NO3/c1-5-6(7(9)10-2)8-3-4-11-5/h5-6,8H,3-4H2,1-2H3/t5-,6+/m0/s1. The zero-order chi connectivity index (χ0) is 8.27. The molecule has 0 aliphatic carbocycles. The number of ether oxygens (including phenoxy) is 2.